The summed E-state index contributed by atoms with van der Waals surface area (Å²) >= 11 is 1.81. The van der Waals surface area contributed by atoms with E-state index in [4.69, 9.17) is 5.26 Å². The van der Waals surface area contributed by atoms with Gasteiger partial charge >= 0.3 is 0 Å². The Hall–Kier alpha value is -1.83. The summed E-state index contributed by atoms with van der Waals surface area (Å²) in [5.41, 5.74) is 3.87. The van der Waals surface area contributed by atoms with Crippen LogP contribution in [0.1, 0.15) is 34.6 Å². The second-order valence-electron chi connectivity index (χ2n) is 5.10. The first kappa shape index (κ1) is 13.2. The molecular weight excluding hydrogens is 268 g/mol. The minimum atomic E-state index is -0.526. The molecule has 1 atom stereocenters. The lowest BCUT2D eigenvalue weighted by atomic mass is 10.0. The average Bonchev–Trinajstić information content (AvgIpc) is 2.93. The number of hydrogen-bond acceptors (Lipinski definition) is 4. The monoisotopic (exact) mass is 284 g/mol. The first-order valence-corrected chi connectivity index (χ1v) is 7.59. The Balaban J connectivity index is 1.99. The molecule has 1 aliphatic rings. The highest BCUT2D eigenvalue weighted by molar-refractivity contribution is 7.10. The SMILES string of the molecule is C[C@H](O)c1ccc(C#N)cc1N1CCc2sccc2C1. The van der Waals surface area contributed by atoms with Crippen molar-refractivity contribution in [3.63, 3.8) is 0 Å². The summed E-state index contributed by atoms with van der Waals surface area (Å²) in [5, 5.41) is 21.2. The maximum Gasteiger partial charge on any atom is 0.0992 e. The van der Waals surface area contributed by atoms with Crippen molar-refractivity contribution < 1.29 is 5.11 Å². The zero-order chi connectivity index (χ0) is 14.1. The number of aliphatic hydroxyl groups is 1. The Bertz CT molecular complexity index is 669. The van der Waals surface area contributed by atoms with Crippen LogP contribution >= 0.6 is 11.3 Å². The Morgan fingerprint density at radius 3 is 3.00 bits per heavy atom. The van der Waals surface area contributed by atoms with E-state index in [1.807, 2.05) is 23.5 Å². The van der Waals surface area contributed by atoms with Crippen LogP contribution < -0.4 is 4.90 Å². The molecule has 0 radical (unpaired) electrons. The summed E-state index contributed by atoms with van der Waals surface area (Å²) in [5.74, 6) is 0. The molecule has 2 heterocycles. The molecule has 0 spiro atoms. The van der Waals surface area contributed by atoms with E-state index in [-0.39, 0.29) is 0 Å². The van der Waals surface area contributed by atoms with Gasteiger partial charge in [-0.1, -0.05) is 6.07 Å². The number of thiophene rings is 1. The van der Waals surface area contributed by atoms with Gasteiger partial charge in [-0.25, -0.2) is 0 Å². The number of hydrogen-bond donors (Lipinski definition) is 1. The molecule has 0 bridgehead atoms. The molecule has 1 aromatic heterocycles. The number of rotatable bonds is 2. The first-order valence-electron chi connectivity index (χ1n) is 6.71. The van der Waals surface area contributed by atoms with E-state index in [9.17, 15) is 5.11 Å². The summed E-state index contributed by atoms with van der Waals surface area (Å²) in [6.07, 6.45) is 0.505. The van der Waals surface area contributed by atoms with Crippen LogP contribution in [0.3, 0.4) is 0 Å². The average molecular weight is 284 g/mol. The lowest BCUT2D eigenvalue weighted by molar-refractivity contribution is 0.199. The Kier molecular flexibility index (Phi) is 3.47. The van der Waals surface area contributed by atoms with E-state index in [2.05, 4.69) is 22.4 Å². The lowest BCUT2D eigenvalue weighted by Crippen LogP contribution is -2.30. The van der Waals surface area contributed by atoms with Gasteiger partial charge in [0.15, 0.2) is 0 Å². The lowest BCUT2D eigenvalue weighted by Gasteiger charge is -2.31. The number of aliphatic hydroxyl groups excluding tert-OH is 1. The molecular formula is C16H16N2OS. The van der Waals surface area contributed by atoms with E-state index >= 15 is 0 Å². The normalized spacial score (nSPS) is 15.6. The minimum Gasteiger partial charge on any atom is -0.389 e. The number of fused-ring (bicyclic) bond motifs is 1. The third-order valence-corrected chi connectivity index (χ3v) is 4.78. The van der Waals surface area contributed by atoms with Crippen LogP contribution in [0.5, 0.6) is 0 Å². The maximum atomic E-state index is 9.95. The molecule has 102 valence electrons. The van der Waals surface area contributed by atoms with Crippen LogP contribution in [-0.4, -0.2) is 11.7 Å². The molecule has 0 saturated heterocycles. The largest absolute Gasteiger partial charge is 0.389 e. The minimum absolute atomic E-state index is 0.526. The van der Waals surface area contributed by atoms with Crippen molar-refractivity contribution in [1.82, 2.24) is 0 Å². The van der Waals surface area contributed by atoms with Crippen molar-refractivity contribution >= 4 is 17.0 Å². The standard InChI is InChI=1S/C16H16N2OS/c1-11(19)14-3-2-12(9-17)8-15(14)18-6-4-16-13(10-18)5-7-20-16/h2-3,5,7-8,11,19H,4,6,10H2,1H3/t11-/m0/s1. The number of nitrogens with zero attached hydrogens (tertiary/aromatic N) is 2. The molecule has 1 N–H and O–H groups in total. The second-order valence-corrected chi connectivity index (χ2v) is 6.10. The molecule has 3 nitrogen and oxygen atoms in total. The van der Waals surface area contributed by atoms with Gasteiger partial charge in [0.25, 0.3) is 0 Å². The van der Waals surface area contributed by atoms with E-state index in [1.54, 1.807) is 13.0 Å². The van der Waals surface area contributed by atoms with Gasteiger partial charge in [0, 0.05) is 29.2 Å². The number of anilines is 1. The highest BCUT2D eigenvalue weighted by atomic mass is 32.1. The molecule has 1 aliphatic heterocycles. The van der Waals surface area contributed by atoms with Crippen LogP contribution in [0.15, 0.2) is 29.6 Å². The van der Waals surface area contributed by atoms with Gasteiger partial charge < -0.3 is 10.0 Å². The highest BCUT2D eigenvalue weighted by Crippen LogP contribution is 2.33. The van der Waals surface area contributed by atoms with Crippen molar-refractivity contribution in [3.05, 3.63) is 51.2 Å². The third-order valence-electron chi connectivity index (χ3n) is 3.76. The molecule has 0 saturated carbocycles. The Morgan fingerprint density at radius 2 is 2.25 bits per heavy atom. The Labute approximate surface area is 122 Å². The fraction of sp³-hybridized carbons (Fsp3) is 0.312. The van der Waals surface area contributed by atoms with Gasteiger partial charge in [-0.2, -0.15) is 5.26 Å². The third kappa shape index (κ3) is 2.31. The van der Waals surface area contributed by atoms with E-state index in [0.29, 0.717) is 5.56 Å². The topological polar surface area (TPSA) is 47.3 Å². The molecule has 0 fully saturated rings. The van der Waals surface area contributed by atoms with E-state index in [1.165, 1.54) is 10.4 Å². The van der Waals surface area contributed by atoms with Gasteiger partial charge in [-0.3, -0.25) is 0 Å². The molecule has 0 unspecified atom stereocenters. The molecule has 20 heavy (non-hydrogen) atoms. The van der Waals surface area contributed by atoms with Crippen molar-refractivity contribution in [3.8, 4) is 6.07 Å². The van der Waals surface area contributed by atoms with Crippen molar-refractivity contribution in [2.24, 2.45) is 0 Å². The second kappa shape index (κ2) is 5.28. The zero-order valence-corrected chi connectivity index (χ0v) is 12.2. The molecule has 2 aromatic rings. The molecule has 1 aromatic carbocycles. The smallest absolute Gasteiger partial charge is 0.0992 e. The Morgan fingerprint density at radius 1 is 1.40 bits per heavy atom. The van der Waals surface area contributed by atoms with Gasteiger partial charge in [0.2, 0.25) is 0 Å². The number of benzene rings is 1. The van der Waals surface area contributed by atoms with Gasteiger partial charge in [0.1, 0.15) is 0 Å². The predicted molar refractivity (Wildman–Crippen MR) is 80.9 cm³/mol. The van der Waals surface area contributed by atoms with Crippen molar-refractivity contribution in [1.29, 1.82) is 5.26 Å². The predicted octanol–water partition coefficient (Wildman–Crippen LogP) is 3.24. The fourth-order valence-corrected chi connectivity index (χ4v) is 3.58. The maximum absolute atomic E-state index is 9.95. The summed E-state index contributed by atoms with van der Waals surface area (Å²) in [6, 6.07) is 9.87. The quantitative estimate of drug-likeness (QED) is 0.921. The summed E-state index contributed by atoms with van der Waals surface area (Å²) in [7, 11) is 0. The van der Waals surface area contributed by atoms with E-state index < -0.39 is 6.10 Å². The van der Waals surface area contributed by atoms with Crippen LogP contribution in [0, 0.1) is 11.3 Å². The first-order chi connectivity index (χ1) is 9.69. The summed E-state index contributed by atoms with van der Waals surface area (Å²) in [4.78, 5) is 3.72. The van der Waals surface area contributed by atoms with Gasteiger partial charge in [-0.15, -0.1) is 11.3 Å². The van der Waals surface area contributed by atoms with Crippen LogP contribution in [0.4, 0.5) is 5.69 Å². The van der Waals surface area contributed by atoms with Gasteiger partial charge in [-0.05, 0) is 42.5 Å². The fourth-order valence-electron chi connectivity index (χ4n) is 2.69. The molecule has 0 aliphatic carbocycles. The van der Waals surface area contributed by atoms with Crippen LogP contribution in [0.25, 0.3) is 0 Å². The molecule has 3 rings (SSSR count). The van der Waals surface area contributed by atoms with Crippen LogP contribution in [0.2, 0.25) is 0 Å². The summed E-state index contributed by atoms with van der Waals surface area (Å²) in [6.45, 7) is 3.56. The molecule has 0 amide bonds. The summed E-state index contributed by atoms with van der Waals surface area (Å²) < 4.78 is 0. The number of nitriles is 1. The van der Waals surface area contributed by atoms with Crippen LogP contribution in [-0.2, 0) is 13.0 Å². The van der Waals surface area contributed by atoms with Crippen molar-refractivity contribution in [2.75, 3.05) is 11.4 Å². The van der Waals surface area contributed by atoms with Gasteiger partial charge in [0.05, 0.1) is 17.7 Å². The van der Waals surface area contributed by atoms with Crippen molar-refractivity contribution in [2.45, 2.75) is 26.0 Å². The highest BCUT2D eigenvalue weighted by Gasteiger charge is 2.21. The van der Waals surface area contributed by atoms with E-state index in [0.717, 1.165) is 30.8 Å². The molecule has 4 heteroatoms. The zero-order valence-electron chi connectivity index (χ0n) is 11.3.